The fraction of sp³-hybridized carbons (Fsp3) is 0.235. The summed E-state index contributed by atoms with van der Waals surface area (Å²) in [5.74, 6) is -0.637. The lowest BCUT2D eigenvalue weighted by atomic mass is 9.99. The van der Waals surface area contributed by atoms with Gasteiger partial charge in [-0.1, -0.05) is 34.1 Å². The van der Waals surface area contributed by atoms with E-state index in [-0.39, 0.29) is 17.7 Å². The van der Waals surface area contributed by atoms with Crippen LogP contribution in [0.3, 0.4) is 0 Å². The largest absolute Gasteiger partial charge is 0.573 e. The molecular formula is C17H15BrF3NO2. The minimum Gasteiger partial charge on any atom is -0.406 e. The van der Waals surface area contributed by atoms with Gasteiger partial charge in [-0.25, -0.2) is 0 Å². The minimum atomic E-state index is -4.77. The van der Waals surface area contributed by atoms with Crippen molar-refractivity contribution in [1.82, 2.24) is 5.32 Å². The second-order valence-corrected chi connectivity index (χ2v) is 6.31. The fourth-order valence-corrected chi connectivity index (χ4v) is 2.52. The quantitative estimate of drug-likeness (QED) is 0.768. The number of carbonyl (C=O) groups excluding carboxylic acids is 1. The first-order valence-electron chi connectivity index (χ1n) is 7.12. The summed E-state index contributed by atoms with van der Waals surface area (Å²) in [5.41, 5.74) is 1.34. The van der Waals surface area contributed by atoms with Crippen molar-refractivity contribution in [2.75, 3.05) is 0 Å². The molecule has 0 unspecified atom stereocenters. The molecule has 0 aliphatic rings. The Morgan fingerprint density at radius 3 is 2.50 bits per heavy atom. The number of hydrogen-bond acceptors (Lipinski definition) is 2. The summed E-state index contributed by atoms with van der Waals surface area (Å²) in [6, 6.07) is 10.5. The minimum absolute atomic E-state index is 0.0655. The molecule has 2 aromatic rings. The Hall–Kier alpha value is -2.02. The Kier molecular flexibility index (Phi) is 5.54. The monoisotopic (exact) mass is 401 g/mol. The van der Waals surface area contributed by atoms with E-state index in [1.165, 1.54) is 18.2 Å². The van der Waals surface area contributed by atoms with Gasteiger partial charge in [0.25, 0.3) is 5.91 Å². The number of nitrogens with one attached hydrogen (secondary N) is 1. The normalized spacial score (nSPS) is 11.5. The van der Waals surface area contributed by atoms with Gasteiger partial charge in [0.05, 0.1) is 0 Å². The van der Waals surface area contributed by atoms with Gasteiger partial charge in [-0.15, -0.1) is 13.2 Å². The Balaban J connectivity index is 2.45. The van der Waals surface area contributed by atoms with Gasteiger partial charge in [0.2, 0.25) is 0 Å². The summed E-state index contributed by atoms with van der Waals surface area (Å²) in [5, 5.41) is 2.78. The highest BCUT2D eigenvalue weighted by Crippen LogP contribution is 2.31. The van der Waals surface area contributed by atoms with Crippen molar-refractivity contribution < 1.29 is 22.7 Å². The zero-order valence-electron chi connectivity index (χ0n) is 12.9. The average Bonchev–Trinajstić information content (AvgIpc) is 2.45. The second-order valence-electron chi connectivity index (χ2n) is 5.39. The number of alkyl halides is 3. The fourth-order valence-electron chi connectivity index (χ4n) is 2.16. The molecule has 1 amide bonds. The van der Waals surface area contributed by atoms with Gasteiger partial charge in [-0.3, -0.25) is 4.79 Å². The van der Waals surface area contributed by atoms with E-state index in [0.717, 1.165) is 0 Å². The number of halogens is 4. The van der Waals surface area contributed by atoms with E-state index in [1.807, 2.05) is 13.8 Å². The Morgan fingerprint density at radius 1 is 1.17 bits per heavy atom. The molecule has 24 heavy (non-hydrogen) atoms. The molecule has 0 aromatic heterocycles. The summed E-state index contributed by atoms with van der Waals surface area (Å²) >= 11 is 3.30. The van der Waals surface area contributed by atoms with Gasteiger partial charge in [0.1, 0.15) is 5.75 Å². The van der Waals surface area contributed by atoms with Gasteiger partial charge in [-0.05, 0) is 49.2 Å². The first kappa shape index (κ1) is 18.3. The molecule has 128 valence electrons. The molecular weight excluding hydrogens is 387 g/mol. The number of benzene rings is 2. The summed E-state index contributed by atoms with van der Waals surface area (Å²) in [6.45, 7) is 3.65. The standard InChI is InChI=1S/C17H15BrF3NO2/c1-10(2)22-16(23)15-9-12(18)6-7-14(15)11-4-3-5-13(8-11)24-17(19,20)21/h3-10H,1-2H3,(H,22,23). The van der Waals surface area contributed by atoms with Crippen LogP contribution in [-0.2, 0) is 0 Å². The van der Waals surface area contributed by atoms with Crippen LogP contribution in [0.5, 0.6) is 5.75 Å². The maximum absolute atomic E-state index is 12.4. The second kappa shape index (κ2) is 7.25. The van der Waals surface area contributed by atoms with Crippen molar-refractivity contribution in [2.45, 2.75) is 26.3 Å². The SMILES string of the molecule is CC(C)NC(=O)c1cc(Br)ccc1-c1cccc(OC(F)(F)F)c1. The lowest BCUT2D eigenvalue weighted by molar-refractivity contribution is -0.274. The molecule has 0 aliphatic carbocycles. The van der Waals surface area contributed by atoms with Crippen LogP contribution in [0.4, 0.5) is 13.2 Å². The lowest BCUT2D eigenvalue weighted by Crippen LogP contribution is -2.30. The third-order valence-corrected chi connectivity index (χ3v) is 3.52. The van der Waals surface area contributed by atoms with E-state index in [4.69, 9.17) is 0 Å². The summed E-state index contributed by atoms with van der Waals surface area (Å²) < 4.78 is 41.8. The third kappa shape index (κ3) is 4.99. The van der Waals surface area contributed by atoms with E-state index in [0.29, 0.717) is 21.2 Å². The Morgan fingerprint density at radius 2 is 1.88 bits per heavy atom. The molecule has 0 radical (unpaired) electrons. The van der Waals surface area contributed by atoms with E-state index in [2.05, 4.69) is 26.0 Å². The number of amides is 1. The van der Waals surface area contributed by atoms with Crippen LogP contribution >= 0.6 is 15.9 Å². The van der Waals surface area contributed by atoms with E-state index in [9.17, 15) is 18.0 Å². The van der Waals surface area contributed by atoms with Crippen LogP contribution in [-0.4, -0.2) is 18.3 Å². The zero-order chi connectivity index (χ0) is 17.9. The molecule has 0 saturated carbocycles. The topological polar surface area (TPSA) is 38.3 Å². The van der Waals surface area contributed by atoms with E-state index < -0.39 is 6.36 Å². The average molecular weight is 402 g/mol. The van der Waals surface area contributed by atoms with Gasteiger partial charge in [0.15, 0.2) is 0 Å². The smallest absolute Gasteiger partial charge is 0.406 e. The summed E-state index contributed by atoms with van der Waals surface area (Å²) in [7, 11) is 0. The molecule has 2 aromatic carbocycles. The summed E-state index contributed by atoms with van der Waals surface area (Å²) in [4.78, 5) is 12.4. The molecule has 0 heterocycles. The molecule has 0 spiro atoms. The van der Waals surface area contributed by atoms with Crippen molar-refractivity contribution in [3.8, 4) is 16.9 Å². The molecule has 0 aliphatic heterocycles. The van der Waals surface area contributed by atoms with Gasteiger partial charge >= 0.3 is 6.36 Å². The molecule has 0 atom stereocenters. The Labute approximate surface area is 146 Å². The molecule has 1 N–H and O–H groups in total. The highest BCUT2D eigenvalue weighted by Gasteiger charge is 2.31. The van der Waals surface area contributed by atoms with Crippen molar-refractivity contribution >= 4 is 21.8 Å². The predicted molar refractivity (Wildman–Crippen MR) is 88.9 cm³/mol. The number of hydrogen-bond donors (Lipinski definition) is 1. The van der Waals surface area contributed by atoms with Crippen LogP contribution < -0.4 is 10.1 Å². The van der Waals surface area contributed by atoms with Gasteiger partial charge in [0, 0.05) is 16.1 Å². The van der Waals surface area contributed by atoms with Crippen molar-refractivity contribution in [2.24, 2.45) is 0 Å². The molecule has 2 rings (SSSR count). The van der Waals surface area contributed by atoms with Crippen LogP contribution in [0.15, 0.2) is 46.9 Å². The highest BCUT2D eigenvalue weighted by atomic mass is 79.9. The zero-order valence-corrected chi connectivity index (χ0v) is 14.5. The highest BCUT2D eigenvalue weighted by molar-refractivity contribution is 9.10. The maximum atomic E-state index is 12.4. The molecule has 0 saturated heterocycles. The van der Waals surface area contributed by atoms with Crippen molar-refractivity contribution in [1.29, 1.82) is 0 Å². The maximum Gasteiger partial charge on any atom is 0.573 e. The third-order valence-electron chi connectivity index (χ3n) is 3.02. The summed E-state index contributed by atoms with van der Waals surface area (Å²) in [6.07, 6.45) is -4.77. The number of ether oxygens (including phenoxy) is 1. The van der Waals surface area contributed by atoms with Gasteiger partial charge < -0.3 is 10.1 Å². The first-order valence-corrected chi connectivity index (χ1v) is 7.91. The predicted octanol–water partition coefficient (Wildman–Crippen LogP) is 5.15. The van der Waals surface area contributed by atoms with E-state index in [1.54, 1.807) is 24.3 Å². The molecule has 0 fully saturated rings. The van der Waals surface area contributed by atoms with Crippen LogP contribution in [0.1, 0.15) is 24.2 Å². The first-order chi connectivity index (χ1) is 11.2. The van der Waals surface area contributed by atoms with Gasteiger partial charge in [-0.2, -0.15) is 0 Å². The molecule has 7 heteroatoms. The molecule has 3 nitrogen and oxygen atoms in total. The van der Waals surface area contributed by atoms with Crippen LogP contribution in [0.25, 0.3) is 11.1 Å². The molecule has 0 bridgehead atoms. The van der Waals surface area contributed by atoms with Crippen molar-refractivity contribution in [3.05, 3.63) is 52.5 Å². The Bertz CT molecular complexity index is 745. The van der Waals surface area contributed by atoms with Crippen LogP contribution in [0, 0.1) is 0 Å². The van der Waals surface area contributed by atoms with Crippen molar-refractivity contribution in [3.63, 3.8) is 0 Å². The lowest BCUT2D eigenvalue weighted by Gasteiger charge is -2.14. The van der Waals surface area contributed by atoms with Crippen LogP contribution in [0.2, 0.25) is 0 Å². The number of rotatable bonds is 4. The van der Waals surface area contributed by atoms with E-state index >= 15 is 0 Å². The number of carbonyl (C=O) groups is 1.